The average molecular weight is 240 g/mol. The number of rotatable bonds is 2. The summed E-state index contributed by atoms with van der Waals surface area (Å²) in [6.07, 6.45) is 0. The molecule has 2 aromatic carbocycles. The third-order valence-corrected chi connectivity index (χ3v) is 2.92. The van der Waals surface area contributed by atoms with E-state index in [4.69, 9.17) is 5.73 Å². The molecule has 2 heteroatoms. The first-order valence-corrected chi connectivity index (χ1v) is 6.19. The van der Waals surface area contributed by atoms with Crippen molar-refractivity contribution in [3.8, 4) is 0 Å². The Kier molecular flexibility index (Phi) is 3.28. The fourth-order valence-corrected chi connectivity index (χ4v) is 1.97. The predicted octanol–water partition coefficient (Wildman–Crippen LogP) is 4.31. The summed E-state index contributed by atoms with van der Waals surface area (Å²) in [6.45, 7) is 6.51. The number of nitrogen functional groups attached to an aromatic ring is 1. The molecule has 0 aliphatic carbocycles. The second-order valence-electron chi connectivity index (χ2n) is 5.54. The Morgan fingerprint density at radius 2 is 1.56 bits per heavy atom. The molecule has 0 aromatic heterocycles. The van der Waals surface area contributed by atoms with Gasteiger partial charge < -0.3 is 11.1 Å². The Bertz CT molecular complexity index is 525. The molecule has 2 rings (SSSR count). The van der Waals surface area contributed by atoms with E-state index in [-0.39, 0.29) is 5.41 Å². The van der Waals surface area contributed by atoms with Gasteiger partial charge in [0.15, 0.2) is 0 Å². The van der Waals surface area contributed by atoms with Crippen LogP contribution < -0.4 is 11.1 Å². The standard InChI is InChI=1S/C16H20N2/c1-16(2,3)14-11-13(9-10-15(14)17)18-12-7-5-4-6-8-12/h4-11,18H,17H2,1-3H3. The third-order valence-electron chi connectivity index (χ3n) is 2.92. The van der Waals surface area contributed by atoms with E-state index in [1.54, 1.807) is 0 Å². The molecule has 3 N–H and O–H groups in total. The number of hydrogen-bond donors (Lipinski definition) is 2. The van der Waals surface area contributed by atoms with E-state index in [1.165, 1.54) is 5.56 Å². The minimum absolute atomic E-state index is 0.0540. The van der Waals surface area contributed by atoms with Gasteiger partial charge in [0.05, 0.1) is 0 Å². The van der Waals surface area contributed by atoms with Crippen LogP contribution in [0.4, 0.5) is 17.1 Å². The molecule has 0 aliphatic rings. The van der Waals surface area contributed by atoms with E-state index < -0.39 is 0 Å². The van der Waals surface area contributed by atoms with E-state index in [0.29, 0.717) is 0 Å². The molecular formula is C16H20N2. The van der Waals surface area contributed by atoms with Crippen molar-refractivity contribution >= 4 is 17.1 Å². The average Bonchev–Trinajstić information content (AvgIpc) is 2.31. The molecule has 0 fully saturated rings. The van der Waals surface area contributed by atoms with Crippen molar-refractivity contribution in [1.29, 1.82) is 0 Å². The first-order valence-electron chi connectivity index (χ1n) is 6.19. The number of nitrogens with two attached hydrogens (primary N) is 1. The summed E-state index contributed by atoms with van der Waals surface area (Å²) in [5.74, 6) is 0. The molecule has 0 bridgehead atoms. The van der Waals surface area contributed by atoms with Gasteiger partial charge in [0, 0.05) is 17.1 Å². The van der Waals surface area contributed by atoms with E-state index in [0.717, 1.165) is 17.1 Å². The molecule has 0 amide bonds. The van der Waals surface area contributed by atoms with Crippen LogP contribution in [0.3, 0.4) is 0 Å². The molecular weight excluding hydrogens is 220 g/mol. The Hall–Kier alpha value is -1.96. The SMILES string of the molecule is CC(C)(C)c1cc(Nc2ccccc2)ccc1N. The monoisotopic (exact) mass is 240 g/mol. The molecule has 0 heterocycles. The van der Waals surface area contributed by atoms with Crippen molar-refractivity contribution in [3.63, 3.8) is 0 Å². The lowest BCUT2D eigenvalue weighted by Gasteiger charge is -2.22. The van der Waals surface area contributed by atoms with Gasteiger partial charge in [-0.15, -0.1) is 0 Å². The number of benzene rings is 2. The van der Waals surface area contributed by atoms with Crippen LogP contribution in [-0.2, 0) is 5.41 Å². The largest absolute Gasteiger partial charge is 0.398 e. The highest BCUT2D eigenvalue weighted by Crippen LogP contribution is 2.31. The zero-order valence-electron chi connectivity index (χ0n) is 11.2. The molecule has 0 spiro atoms. The van der Waals surface area contributed by atoms with Crippen LogP contribution in [0.2, 0.25) is 0 Å². The Morgan fingerprint density at radius 3 is 2.17 bits per heavy atom. The van der Waals surface area contributed by atoms with Crippen molar-refractivity contribution in [2.24, 2.45) is 0 Å². The summed E-state index contributed by atoms with van der Waals surface area (Å²) in [7, 11) is 0. The highest BCUT2D eigenvalue weighted by Gasteiger charge is 2.17. The topological polar surface area (TPSA) is 38.0 Å². The Morgan fingerprint density at radius 1 is 0.889 bits per heavy atom. The van der Waals surface area contributed by atoms with Crippen molar-refractivity contribution in [1.82, 2.24) is 0 Å². The second kappa shape index (κ2) is 4.73. The van der Waals surface area contributed by atoms with Crippen LogP contribution in [-0.4, -0.2) is 0 Å². The number of para-hydroxylation sites is 1. The van der Waals surface area contributed by atoms with Gasteiger partial charge in [-0.05, 0) is 41.3 Å². The Labute approximate surface area is 109 Å². The maximum atomic E-state index is 6.04. The molecule has 0 saturated carbocycles. The Balaban J connectivity index is 2.31. The maximum absolute atomic E-state index is 6.04. The van der Waals surface area contributed by atoms with Crippen molar-refractivity contribution in [3.05, 3.63) is 54.1 Å². The summed E-state index contributed by atoms with van der Waals surface area (Å²) in [4.78, 5) is 0. The lowest BCUT2D eigenvalue weighted by Crippen LogP contribution is -2.14. The van der Waals surface area contributed by atoms with Gasteiger partial charge in [0.25, 0.3) is 0 Å². The lowest BCUT2D eigenvalue weighted by molar-refractivity contribution is 0.593. The molecule has 2 nitrogen and oxygen atoms in total. The quantitative estimate of drug-likeness (QED) is 0.768. The lowest BCUT2D eigenvalue weighted by atomic mass is 9.85. The van der Waals surface area contributed by atoms with E-state index in [1.807, 2.05) is 42.5 Å². The summed E-state index contributed by atoms with van der Waals surface area (Å²) in [5.41, 5.74) is 10.3. The van der Waals surface area contributed by atoms with Gasteiger partial charge in [-0.3, -0.25) is 0 Å². The van der Waals surface area contributed by atoms with Crippen molar-refractivity contribution in [2.45, 2.75) is 26.2 Å². The van der Waals surface area contributed by atoms with Crippen LogP contribution in [0.5, 0.6) is 0 Å². The summed E-state index contributed by atoms with van der Waals surface area (Å²) < 4.78 is 0. The van der Waals surface area contributed by atoms with Crippen LogP contribution in [0.1, 0.15) is 26.3 Å². The second-order valence-corrected chi connectivity index (χ2v) is 5.54. The fraction of sp³-hybridized carbons (Fsp3) is 0.250. The van der Waals surface area contributed by atoms with Crippen LogP contribution in [0.15, 0.2) is 48.5 Å². The van der Waals surface area contributed by atoms with Gasteiger partial charge in [-0.25, -0.2) is 0 Å². The molecule has 0 unspecified atom stereocenters. The minimum atomic E-state index is 0.0540. The van der Waals surface area contributed by atoms with Gasteiger partial charge in [-0.2, -0.15) is 0 Å². The third kappa shape index (κ3) is 2.83. The number of hydrogen-bond acceptors (Lipinski definition) is 2. The van der Waals surface area contributed by atoms with E-state index in [9.17, 15) is 0 Å². The summed E-state index contributed by atoms with van der Waals surface area (Å²) in [6, 6.07) is 16.2. The summed E-state index contributed by atoms with van der Waals surface area (Å²) >= 11 is 0. The van der Waals surface area contributed by atoms with Gasteiger partial charge in [0.1, 0.15) is 0 Å². The molecule has 94 valence electrons. The van der Waals surface area contributed by atoms with Crippen molar-refractivity contribution < 1.29 is 0 Å². The first-order chi connectivity index (χ1) is 8.47. The van der Waals surface area contributed by atoms with Crippen LogP contribution in [0.25, 0.3) is 0 Å². The number of nitrogens with one attached hydrogen (secondary N) is 1. The van der Waals surface area contributed by atoms with Crippen LogP contribution >= 0.6 is 0 Å². The molecule has 0 aliphatic heterocycles. The smallest absolute Gasteiger partial charge is 0.0388 e. The van der Waals surface area contributed by atoms with Gasteiger partial charge in [0.2, 0.25) is 0 Å². The maximum Gasteiger partial charge on any atom is 0.0388 e. The molecule has 0 atom stereocenters. The minimum Gasteiger partial charge on any atom is -0.398 e. The fourth-order valence-electron chi connectivity index (χ4n) is 1.97. The molecule has 0 radical (unpaired) electrons. The van der Waals surface area contributed by atoms with Gasteiger partial charge in [-0.1, -0.05) is 39.0 Å². The zero-order chi connectivity index (χ0) is 13.2. The normalized spacial score (nSPS) is 11.3. The van der Waals surface area contributed by atoms with E-state index >= 15 is 0 Å². The first kappa shape index (κ1) is 12.5. The summed E-state index contributed by atoms with van der Waals surface area (Å²) in [5, 5.41) is 3.39. The van der Waals surface area contributed by atoms with Gasteiger partial charge >= 0.3 is 0 Å². The van der Waals surface area contributed by atoms with E-state index in [2.05, 4.69) is 32.2 Å². The highest BCUT2D eigenvalue weighted by molar-refractivity contribution is 5.65. The molecule has 18 heavy (non-hydrogen) atoms. The molecule has 0 saturated heterocycles. The van der Waals surface area contributed by atoms with Crippen molar-refractivity contribution in [2.75, 3.05) is 11.1 Å². The molecule has 2 aromatic rings. The van der Waals surface area contributed by atoms with Crippen LogP contribution in [0, 0.1) is 0 Å². The highest BCUT2D eigenvalue weighted by atomic mass is 14.9. The predicted molar refractivity (Wildman–Crippen MR) is 79.3 cm³/mol. The number of anilines is 3. The zero-order valence-corrected chi connectivity index (χ0v) is 11.2.